The van der Waals surface area contributed by atoms with E-state index < -0.39 is 11.6 Å². The molecule has 0 amide bonds. The van der Waals surface area contributed by atoms with Crippen LogP contribution in [-0.2, 0) is 6.54 Å². The Hall–Kier alpha value is -0.960. The summed E-state index contributed by atoms with van der Waals surface area (Å²) in [6.45, 7) is 5.94. The Morgan fingerprint density at radius 1 is 1.20 bits per heavy atom. The second kappa shape index (κ2) is 6.66. The zero-order chi connectivity index (χ0) is 14.6. The van der Waals surface area contributed by atoms with Gasteiger partial charge in [-0.2, -0.15) is 0 Å². The topological polar surface area (TPSA) is 12.0 Å². The monoisotopic (exact) mass is 281 g/mol. The van der Waals surface area contributed by atoms with Crippen molar-refractivity contribution in [1.29, 1.82) is 0 Å². The zero-order valence-electron chi connectivity index (χ0n) is 12.5. The largest absolute Gasteiger partial charge is 0.312 e. The standard InChI is InChI=1S/C17H25F2N/c1-13(2)10-17(7-3-4-8-17)12-20-11-14-5-6-15(18)9-16(14)19/h5-6,9,13,20H,3-4,7-8,10-12H2,1-2H3. The van der Waals surface area contributed by atoms with E-state index in [1.165, 1.54) is 44.2 Å². The maximum Gasteiger partial charge on any atom is 0.130 e. The summed E-state index contributed by atoms with van der Waals surface area (Å²) in [7, 11) is 0. The number of hydrogen-bond acceptors (Lipinski definition) is 1. The summed E-state index contributed by atoms with van der Waals surface area (Å²) < 4.78 is 26.4. The van der Waals surface area contributed by atoms with Crippen molar-refractivity contribution in [2.75, 3.05) is 6.54 Å². The first-order chi connectivity index (χ1) is 9.51. The molecule has 20 heavy (non-hydrogen) atoms. The number of hydrogen-bond donors (Lipinski definition) is 1. The van der Waals surface area contributed by atoms with Crippen LogP contribution in [0.25, 0.3) is 0 Å². The molecule has 0 saturated heterocycles. The average molecular weight is 281 g/mol. The van der Waals surface area contributed by atoms with Gasteiger partial charge < -0.3 is 5.32 Å². The van der Waals surface area contributed by atoms with E-state index in [0.29, 0.717) is 23.4 Å². The highest BCUT2D eigenvalue weighted by atomic mass is 19.1. The number of nitrogens with one attached hydrogen (secondary N) is 1. The highest BCUT2D eigenvalue weighted by molar-refractivity contribution is 5.18. The van der Waals surface area contributed by atoms with Gasteiger partial charge in [-0.25, -0.2) is 8.78 Å². The van der Waals surface area contributed by atoms with E-state index in [0.717, 1.165) is 12.6 Å². The maximum atomic E-state index is 13.6. The van der Waals surface area contributed by atoms with Gasteiger partial charge in [-0.05, 0) is 36.7 Å². The molecule has 1 aromatic rings. The Morgan fingerprint density at radius 2 is 1.90 bits per heavy atom. The molecule has 1 aliphatic rings. The normalized spacial score (nSPS) is 17.9. The maximum absolute atomic E-state index is 13.6. The molecule has 0 radical (unpaired) electrons. The molecule has 0 atom stereocenters. The second-order valence-corrected chi connectivity index (χ2v) is 6.64. The van der Waals surface area contributed by atoms with Crippen molar-refractivity contribution >= 4 is 0 Å². The summed E-state index contributed by atoms with van der Waals surface area (Å²) in [6, 6.07) is 3.80. The molecule has 112 valence electrons. The Labute approximate surface area is 120 Å². The van der Waals surface area contributed by atoms with Crippen LogP contribution in [0.3, 0.4) is 0 Å². The summed E-state index contributed by atoms with van der Waals surface area (Å²) in [6.07, 6.45) is 6.37. The smallest absolute Gasteiger partial charge is 0.130 e. The molecule has 3 heteroatoms. The molecule has 1 aliphatic carbocycles. The van der Waals surface area contributed by atoms with E-state index in [9.17, 15) is 8.78 Å². The Balaban J connectivity index is 1.90. The molecule has 0 unspecified atom stereocenters. The van der Waals surface area contributed by atoms with E-state index in [2.05, 4.69) is 19.2 Å². The molecule has 0 aromatic heterocycles. The minimum Gasteiger partial charge on any atom is -0.312 e. The van der Waals surface area contributed by atoms with Crippen molar-refractivity contribution < 1.29 is 8.78 Å². The van der Waals surface area contributed by atoms with Crippen molar-refractivity contribution in [1.82, 2.24) is 5.32 Å². The van der Waals surface area contributed by atoms with Crippen LogP contribution in [0.5, 0.6) is 0 Å². The minimum atomic E-state index is -0.515. The second-order valence-electron chi connectivity index (χ2n) is 6.64. The fraction of sp³-hybridized carbons (Fsp3) is 0.647. The minimum absolute atomic E-state index is 0.380. The lowest BCUT2D eigenvalue weighted by Crippen LogP contribution is -2.33. The molecule has 0 spiro atoms. The quantitative estimate of drug-likeness (QED) is 0.799. The number of halogens is 2. The summed E-state index contributed by atoms with van der Waals surface area (Å²) in [5.74, 6) is -0.280. The lowest BCUT2D eigenvalue weighted by molar-refractivity contribution is 0.223. The van der Waals surface area contributed by atoms with Crippen molar-refractivity contribution in [2.24, 2.45) is 11.3 Å². The molecule has 2 rings (SSSR count). The van der Waals surface area contributed by atoms with Crippen LogP contribution in [-0.4, -0.2) is 6.54 Å². The first-order valence-corrected chi connectivity index (χ1v) is 7.65. The molecule has 0 bridgehead atoms. The van der Waals surface area contributed by atoms with Gasteiger partial charge in [-0.3, -0.25) is 0 Å². The van der Waals surface area contributed by atoms with Gasteiger partial charge in [0.15, 0.2) is 0 Å². The van der Waals surface area contributed by atoms with Gasteiger partial charge >= 0.3 is 0 Å². The Bertz CT molecular complexity index is 437. The summed E-state index contributed by atoms with van der Waals surface area (Å²) in [5.41, 5.74) is 0.925. The van der Waals surface area contributed by atoms with Crippen molar-refractivity contribution in [3.63, 3.8) is 0 Å². The Kier molecular flexibility index (Phi) is 5.14. The van der Waals surface area contributed by atoms with Crippen LogP contribution in [0, 0.1) is 23.0 Å². The van der Waals surface area contributed by atoms with Gasteiger partial charge in [0.2, 0.25) is 0 Å². The number of benzene rings is 1. The van der Waals surface area contributed by atoms with Gasteiger partial charge in [0.25, 0.3) is 0 Å². The fourth-order valence-electron chi connectivity index (χ4n) is 3.57. The summed E-state index contributed by atoms with van der Waals surface area (Å²) in [4.78, 5) is 0. The SMILES string of the molecule is CC(C)CC1(CNCc2ccc(F)cc2F)CCCC1. The van der Waals surface area contributed by atoms with Gasteiger partial charge in [-0.1, -0.05) is 32.8 Å². The molecule has 0 heterocycles. The van der Waals surface area contributed by atoms with E-state index in [-0.39, 0.29) is 0 Å². The summed E-state index contributed by atoms with van der Waals surface area (Å²) in [5, 5.41) is 3.39. The van der Waals surface area contributed by atoms with Gasteiger partial charge in [0.1, 0.15) is 11.6 Å². The fourth-order valence-corrected chi connectivity index (χ4v) is 3.57. The van der Waals surface area contributed by atoms with Crippen LogP contribution in [0.15, 0.2) is 18.2 Å². The molecule has 0 aliphatic heterocycles. The molecule has 1 saturated carbocycles. The van der Waals surface area contributed by atoms with E-state index in [1.807, 2.05) is 0 Å². The van der Waals surface area contributed by atoms with E-state index in [4.69, 9.17) is 0 Å². The molecular weight excluding hydrogens is 256 g/mol. The molecule has 1 aromatic carbocycles. The average Bonchev–Trinajstić information content (AvgIpc) is 2.80. The van der Waals surface area contributed by atoms with Crippen molar-refractivity contribution in [2.45, 2.75) is 52.5 Å². The third kappa shape index (κ3) is 4.02. The van der Waals surface area contributed by atoms with Crippen LogP contribution in [0.1, 0.15) is 51.5 Å². The van der Waals surface area contributed by atoms with Crippen LogP contribution < -0.4 is 5.32 Å². The molecule has 1 nitrogen and oxygen atoms in total. The first-order valence-electron chi connectivity index (χ1n) is 7.65. The molecule has 1 fully saturated rings. The van der Waals surface area contributed by atoms with Crippen LogP contribution >= 0.6 is 0 Å². The van der Waals surface area contributed by atoms with Crippen molar-refractivity contribution in [3.05, 3.63) is 35.4 Å². The lowest BCUT2D eigenvalue weighted by atomic mass is 9.78. The molecule has 1 N–H and O–H groups in total. The van der Waals surface area contributed by atoms with Gasteiger partial charge in [-0.15, -0.1) is 0 Å². The van der Waals surface area contributed by atoms with Crippen LogP contribution in [0.4, 0.5) is 8.78 Å². The van der Waals surface area contributed by atoms with Crippen molar-refractivity contribution in [3.8, 4) is 0 Å². The predicted octanol–water partition coefficient (Wildman–Crippen LogP) is 4.66. The number of rotatable bonds is 6. The van der Waals surface area contributed by atoms with Gasteiger partial charge in [0.05, 0.1) is 0 Å². The zero-order valence-corrected chi connectivity index (χ0v) is 12.5. The first kappa shape index (κ1) is 15.4. The predicted molar refractivity (Wildman–Crippen MR) is 78.4 cm³/mol. The third-order valence-electron chi connectivity index (χ3n) is 4.34. The highest BCUT2D eigenvalue weighted by Crippen LogP contribution is 2.42. The Morgan fingerprint density at radius 3 is 2.50 bits per heavy atom. The van der Waals surface area contributed by atoms with E-state index >= 15 is 0 Å². The third-order valence-corrected chi connectivity index (χ3v) is 4.34. The van der Waals surface area contributed by atoms with Gasteiger partial charge in [0, 0.05) is 24.7 Å². The van der Waals surface area contributed by atoms with E-state index in [1.54, 1.807) is 0 Å². The molecular formula is C17H25F2N. The lowest BCUT2D eigenvalue weighted by Gasteiger charge is -2.31. The summed E-state index contributed by atoms with van der Waals surface area (Å²) >= 11 is 0. The highest BCUT2D eigenvalue weighted by Gasteiger charge is 2.33. The van der Waals surface area contributed by atoms with Crippen LogP contribution in [0.2, 0.25) is 0 Å².